The lowest BCUT2D eigenvalue weighted by molar-refractivity contribution is -0.147. The molecule has 0 unspecified atom stereocenters. The molecule has 1 aliphatic carbocycles. The molecule has 1 fully saturated rings. The van der Waals surface area contributed by atoms with Crippen LogP contribution < -0.4 is 4.74 Å². The van der Waals surface area contributed by atoms with E-state index in [-0.39, 0.29) is 5.60 Å². The molecule has 2 aliphatic rings. The van der Waals surface area contributed by atoms with E-state index in [4.69, 9.17) is 4.74 Å². The third kappa shape index (κ3) is 1.92. The summed E-state index contributed by atoms with van der Waals surface area (Å²) >= 11 is 0. The molecule has 0 spiro atoms. The lowest BCUT2D eigenvalue weighted by Crippen LogP contribution is -2.42. The van der Waals surface area contributed by atoms with Crippen LogP contribution in [-0.4, -0.2) is 16.7 Å². The Hall–Kier alpha value is -1.51. The van der Waals surface area contributed by atoms with E-state index >= 15 is 0 Å². The second-order valence-corrected chi connectivity index (χ2v) is 6.43. The van der Waals surface area contributed by atoms with Crippen LogP contribution in [0.2, 0.25) is 0 Å². The van der Waals surface area contributed by atoms with Crippen molar-refractivity contribution in [1.82, 2.24) is 0 Å². The number of rotatable bonds is 2. The number of carboxylic acid groups (broad SMARTS) is 1. The van der Waals surface area contributed by atoms with Crippen molar-refractivity contribution >= 4 is 5.97 Å². The van der Waals surface area contributed by atoms with Crippen LogP contribution >= 0.6 is 0 Å². The van der Waals surface area contributed by atoms with Crippen molar-refractivity contribution in [2.24, 2.45) is 0 Å². The van der Waals surface area contributed by atoms with Crippen LogP contribution in [0.1, 0.15) is 50.7 Å². The van der Waals surface area contributed by atoms with Crippen molar-refractivity contribution < 1.29 is 14.6 Å². The Balaban J connectivity index is 1.99. The van der Waals surface area contributed by atoms with Gasteiger partial charge in [-0.25, -0.2) is 0 Å². The van der Waals surface area contributed by atoms with Crippen molar-refractivity contribution in [3.63, 3.8) is 0 Å². The number of hydrogen-bond donors (Lipinski definition) is 1. The van der Waals surface area contributed by atoms with E-state index in [1.807, 2.05) is 18.2 Å². The second-order valence-electron chi connectivity index (χ2n) is 6.43. The minimum atomic E-state index is -0.700. The second kappa shape index (κ2) is 3.99. The van der Waals surface area contributed by atoms with Crippen molar-refractivity contribution in [2.75, 3.05) is 0 Å². The monoisotopic (exact) mass is 260 g/mol. The summed E-state index contributed by atoms with van der Waals surface area (Å²) < 4.78 is 6.01. The van der Waals surface area contributed by atoms with Crippen molar-refractivity contribution in [2.45, 2.75) is 57.0 Å². The van der Waals surface area contributed by atoms with E-state index in [9.17, 15) is 9.90 Å². The zero-order valence-corrected chi connectivity index (χ0v) is 11.5. The number of aryl methyl sites for hydroxylation is 1. The quantitative estimate of drug-likeness (QED) is 0.887. The van der Waals surface area contributed by atoms with E-state index in [1.54, 1.807) is 0 Å². The van der Waals surface area contributed by atoms with Gasteiger partial charge in [0.1, 0.15) is 11.4 Å². The van der Waals surface area contributed by atoms with Crippen LogP contribution in [-0.2, 0) is 16.6 Å². The average molecular weight is 260 g/mol. The summed E-state index contributed by atoms with van der Waals surface area (Å²) in [7, 11) is 0. The Bertz CT molecular complexity index is 527. The van der Waals surface area contributed by atoms with E-state index in [0.717, 1.165) is 43.4 Å². The summed E-state index contributed by atoms with van der Waals surface area (Å²) in [5.74, 6) is 0.176. The van der Waals surface area contributed by atoms with Gasteiger partial charge in [0.05, 0.1) is 5.41 Å². The van der Waals surface area contributed by atoms with E-state index in [2.05, 4.69) is 13.8 Å². The van der Waals surface area contributed by atoms with Gasteiger partial charge in [0.15, 0.2) is 0 Å². The Kier molecular flexibility index (Phi) is 2.63. The van der Waals surface area contributed by atoms with Crippen LogP contribution in [0.5, 0.6) is 5.75 Å². The first-order valence-electron chi connectivity index (χ1n) is 6.99. The molecule has 0 amide bonds. The molecule has 0 radical (unpaired) electrons. The van der Waals surface area contributed by atoms with E-state index in [1.165, 1.54) is 5.56 Å². The van der Waals surface area contributed by atoms with Gasteiger partial charge in [-0.2, -0.15) is 0 Å². The number of hydrogen-bond acceptors (Lipinski definition) is 2. The molecule has 3 rings (SSSR count). The minimum Gasteiger partial charge on any atom is -0.488 e. The molecular weight excluding hydrogens is 240 g/mol. The third-order valence-electron chi connectivity index (χ3n) is 4.62. The molecule has 1 N–H and O–H groups in total. The highest BCUT2D eigenvalue weighted by Gasteiger charge is 2.46. The molecule has 1 aromatic rings. The van der Waals surface area contributed by atoms with Crippen molar-refractivity contribution in [3.05, 3.63) is 29.3 Å². The summed E-state index contributed by atoms with van der Waals surface area (Å²) in [6, 6.07) is 5.99. The highest BCUT2D eigenvalue weighted by molar-refractivity contribution is 5.82. The Morgan fingerprint density at radius 1 is 1.26 bits per heavy atom. The van der Waals surface area contributed by atoms with Crippen molar-refractivity contribution in [1.29, 1.82) is 0 Å². The van der Waals surface area contributed by atoms with Gasteiger partial charge in [0.2, 0.25) is 0 Å². The molecule has 0 aromatic heterocycles. The van der Waals surface area contributed by atoms with E-state index < -0.39 is 11.4 Å². The molecule has 102 valence electrons. The van der Waals surface area contributed by atoms with Gasteiger partial charge in [-0.15, -0.1) is 0 Å². The Labute approximate surface area is 113 Å². The topological polar surface area (TPSA) is 46.5 Å². The van der Waals surface area contributed by atoms with Gasteiger partial charge in [-0.1, -0.05) is 18.6 Å². The van der Waals surface area contributed by atoms with E-state index in [0.29, 0.717) is 0 Å². The van der Waals surface area contributed by atoms with Crippen LogP contribution in [0.25, 0.3) is 0 Å². The Morgan fingerprint density at radius 2 is 2.00 bits per heavy atom. The molecule has 0 saturated heterocycles. The molecule has 3 heteroatoms. The summed E-state index contributed by atoms with van der Waals surface area (Å²) in [6.07, 6.45) is 4.48. The third-order valence-corrected chi connectivity index (χ3v) is 4.62. The standard InChI is InChI=1S/C16H20O3/c1-15(2)9-6-11-4-5-12(10-13(11)19-15)16(14(17)18)7-3-8-16/h4-5,10H,3,6-9H2,1-2H3,(H,17,18). The molecule has 0 atom stereocenters. The molecule has 0 bridgehead atoms. The van der Waals surface area contributed by atoms with Gasteiger partial charge in [-0.3, -0.25) is 4.79 Å². The lowest BCUT2D eigenvalue weighted by atomic mass is 9.64. The fourth-order valence-corrected chi connectivity index (χ4v) is 3.09. The van der Waals surface area contributed by atoms with Crippen LogP contribution in [0, 0.1) is 0 Å². The fraction of sp³-hybridized carbons (Fsp3) is 0.562. The number of carbonyl (C=O) groups is 1. The normalized spacial score (nSPS) is 22.8. The zero-order valence-electron chi connectivity index (χ0n) is 11.5. The molecule has 1 aromatic carbocycles. The zero-order chi connectivity index (χ0) is 13.7. The van der Waals surface area contributed by atoms with Gasteiger partial charge in [0, 0.05) is 0 Å². The first kappa shape index (κ1) is 12.5. The van der Waals surface area contributed by atoms with Crippen molar-refractivity contribution in [3.8, 4) is 5.75 Å². The maximum Gasteiger partial charge on any atom is 0.314 e. The number of fused-ring (bicyclic) bond motifs is 1. The van der Waals surface area contributed by atoms with Gasteiger partial charge in [0.25, 0.3) is 0 Å². The Morgan fingerprint density at radius 3 is 2.58 bits per heavy atom. The molecule has 3 nitrogen and oxygen atoms in total. The smallest absolute Gasteiger partial charge is 0.314 e. The van der Waals surface area contributed by atoms with Gasteiger partial charge >= 0.3 is 5.97 Å². The molecule has 1 aliphatic heterocycles. The maximum atomic E-state index is 11.6. The highest BCUT2D eigenvalue weighted by atomic mass is 16.5. The summed E-state index contributed by atoms with van der Waals surface area (Å²) in [6.45, 7) is 4.16. The first-order chi connectivity index (χ1) is 8.93. The highest BCUT2D eigenvalue weighted by Crippen LogP contribution is 2.46. The number of ether oxygens (including phenoxy) is 1. The lowest BCUT2D eigenvalue weighted by Gasteiger charge is -2.39. The number of aliphatic carboxylic acids is 1. The number of benzene rings is 1. The van der Waals surface area contributed by atoms with Gasteiger partial charge in [-0.05, 0) is 56.7 Å². The van der Waals surface area contributed by atoms with Crippen LogP contribution in [0.3, 0.4) is 0 Å². The minimum absolute atomic E-state index is 0.151. The molecule has 19 heavy (non-hydrogen) atoms. The maximum absolute atomic E-state index is 11.6. The summed E-state index contributed by atoms with van der Waals surface area (Å²) in [4.78, 5) is 11.6. The fourth-order valence-electron chi connectivity index (χ4n) is 3.09. The average Bonchev–Trinajstić information content (AvgIpc) is 2.25. The summed E-state index contributed by atoms with van der Waals surface area (Å²) in [5.41, 5.74) is 1.28. The molecule has 1 saturated carbocycles. The SMILES string of the molecule is CC1(C)CCc2ccc(C3(C(=O)O)CCC3)cc2O1. The summed E-state index contributed by atoms with van der Waals surface area (Å²) in [5, 5.41) is 9.50. The van der Waals surface area contributed by atoms with Crippen LogP contribution in [0.4, 0.5) is 0 Å². The predicted molar refractivity (Wildman–Crippen MR) is 72.6 cm³/mol. The largest absolute Gasteiger partial charge is 0.488 e. The van der Waals surface area contributed by atoms with Gasteiger partial charge < -0.3 is 9.84 Å². The molecule has 1 heterocycles. The predicted octanol–water partition coefficient (Wildman–Crippen LogP) is 3.30. The van der Waals surface area contributed by atoms with Crippen LogP contribution in [0.15, 0.2) is 18.2 Å². The molecular formula is C16H20O3. The first-order valence-corrected chi connectivity index (χ1v) is 6.99. The number of carboxylic acids is 1.